The van der Waals surface area contributed by atoms with E-state index in [1.807, 2.05) is 30.3 Å². The van der Waals surface area contributed by atoms with Gasteiger partial charge in [-0.2, -0.15) is 5.10 Å². The molecule has 154 valence electrons. The zero-order valence-electron chi connectivity index (χ0n) is 16.6. The Labute approximate surface area is 175 Å². The number of benzene rings is 1. The highest BCUT2D eigenvalue weighted by molar-refractivity contribution is 5.97. The van der Waals surface area contributed by atoms with Crippen molar-refractivity contribution in [2.75, 3.05) is 0 Å². The Hall–Kier alpha value is -4.34. The van der Waals surface area contributed by atoms with Gasteiger partial charge in [-0.15, -0.1) is 10.2 Å². The van der Waals surface area contributed by atoms with Crippen LogP contribution in [0.25, 0.3) is 28.4 Å². The minimum Gasteiger partial charge on any atom is -0.452 e. The van der Waals surface area contributed by atoms with Crippen LogP contribution in [0.5, 0.6) is 0 Å². The molecule has 0 amide bonds. The van der Waals surface area contributed by atoms with E-state index in [1.165, 1.54) is 4.52 Å². The first-order chi connectivity index (χ1) is 15.1. The lowest BCUT2D eigenvalue weighted by molar-refractivity contribution is 0.0440. The molecule has 0 spiro atoms. The smallest absolute Gasteiger partial charge is 0.344 e. The van der Waals surface area contributed by atoms with Crippen molar-refractivity contribution in [1.29, 1.82) is 0 Å². The molecule has 0 aliphatic heterocycles. The molecule has 0 fully saturated rings. The molecular weight excluding hydrogens is 400 g/mol. The van der Waals surface area contributed by atoms with Crippen molar-refractivity contribution in [2.45, 2.75) is 20.5 Å². The van der Waals surface area contributed by atoms with Crippen LogP contribution >= 0.6 is 0 Å². The number of hydrogen-bond donors (Lipinski definition) is 0. The standard InChI is InChI=1S/C21H16N6O4/c1-12-16(19-22-9-6-10-27(19)25-12)21(28)29-11-15-23-24-20(30-15)17-13(2)31-26-18(17)14-7-4-3-5-8-14/h3-10H,11H2,1-2H3. The third-order valence-corrected chi connectivity index (χ3v) is 4.69. The molecule has 0 saturated carbocycles. The van der Waals surface area contributed by atoms with Crippen LogP contribution in [0.4, 0.5) is 0 Å². The van der Waals surface area contributed by atoms with Crippen LogP contribution in [-0.2, 0) is 11.3 Å². The number of carbonyl (C=O) groups is 1. The third-order valence-electron chi connectivity index (χ3n) is 4.69. The monoisotopic (exact) mass is 416 g/mol. The van der Waals surface area contributed by atoms with Crippen molar-refractivity contribution in [3.63, 3.8) is 0 Å². The predicted molar refractivity (Wildman–Crippen MR) is 107 cm³/mol. The number of nitrogens with zero attached hydrogens (tertiary/aromatic N) is 6. The molecule has 0 bridgehead atoms. The maximum absolute atomic E-state index is 12.6. The number of hydrogen-bond acceptors (Lipinski definition) is 9. The van der Waals surface area contributed by atoms with Gasteiger partial charge in [0.2, 0.25) is 0 Å². The largest absolute Gasteiger partial charge is 0.452 e. The van der Waals surface area contributed by atoms with Gasteiger partial charge in [0, 0.05) is 18.0 Å². The lowest BCUT2D eigenvalue weighted by Gasteiger charge is -2.01. The average Bonchev–Trinajstić information content (AvgIpc) is 3.48. The highest BCUT2D eigenvalue weighted by atomic mass is 16.5. The van der Waals surface area contributed by atoms with Crippen LogP contribution in [0.3, 0.4) is 0 Å². The Morgan fingerprint density at radius 3 is 2.81 bits per heavy atom. The van der Waals surface area contributed by atoms with Gasteiger partial charge in [0.25, 0.3) is 11.8 Å². The molecule has 0 N–H and O–H groups in total. The normalized spacial score (nSPS) is 11.2. The molecule has 0 atom stereocenters. The van der Waals surface area contributed by atoms with Gasteiger partial charge < -0.3 is 13.7 Å². The van der Waals surface area contributed by atoms with Gasteiger partial charge >= 0.3 is 5.97 Å². The SMILES string of the molecule is Cc1nn2cccnc2c1C(=O)OCc1nnc(-c2c(-c3ccccc3)noc2C)o1. The van der Waals surface area contributed by atoms with Crippen LogP contribution in [0.1, 0.15) is 27.7 Å². The molecule has 0 aliphatic carbocycles. The van der Waals surface area contributed by atoms with Gasteiger partial charge in [0.1, 0.15) is 22.6 Å². The summed E-state index contributed by atoms with van der Waals surface area (Å²) in [5.41, 5.74) is 3.28. The zero-order chi connectivity index (χ0) is 21.4. The van der Waals surface area contributed by atoms with E-state index in [4.69, 9.17) is 13.7 Å². The molecular formula is C21H16N6O4. The number of aryl methyl sites for hydroxylation is 2. The highest BCUT2D eigenvalue weighted by Gasteiger charge is 2.23. The summed E-state index contributed by atoms with van der Waals surface area (Å²) in [6.07, 6.45) is 3.30. The number of carbonyl (C=O) groups excluding carboxylic acids is 1. The summed E-state index contributed by atoms with van der Waals surface area (Å²) in [5, 5.41) is 16.4. The summed E-state index contributed by atoms with van der Waals surface area (Å²) >= 11 is 0. The number of rotatable bonds is 5. The number of ether oxygens (including phenoxy) is 1. The molecule has 0 radical (unpaired) electrons. The Kier molecular flexibility index (Phi) is 4.51. The molecule has 4 heterocycles. The highest BCUT2D eigenvalue weighted by Crippen LogP contribution is 2.33. The summed E-state index contributed by atoms with van der Waals surface area (Å²) < 4.78 is 18.0. The summed E-state index contributed by atoms with van der Waals surface area (Å²) in [7, 11) is 0. The van der Waals surface area contributed by atoms with E-state index in [0.717, 1.165) is 5.56 Å². The molecule has 0 saturated heterocycles. The topological polar surface area (TPSA) is 121 Å². The molecule has 4 aromatic heterocycles. The first-order valence-electron chi connectivity index (χ1n) is 9.43. The van der Waals surface area contributed by atoms with Gasteiger partial charge in [-0.25, -0.2) is 14.3 Å². The lowest BCUT2D eigenvalue weighted by Crippen LogP contribution is -2.07. The Balaban J connectivity index is 1.37. The van der Waals surface area contributed by atoms with Gasteiger partial charge in [0.05, 0.1) is 5.69 Å². The van der Waals surface area contributed by atoms with Crippen molar-refractivity contribution in [2.24, 2.45) is 0 Å². The van der Waals surface area contributed by atoms with Gasteiger partial charge in [-0.05, 0) is 19.9 Å². The molecule has 0 unspecified atom stereocenters. The van der Waals surface area contributed by atoms with E-state index in [1.54, 1.807) is 32.3 Å². The quantitative estimate of drug-likeness (QED) is 0.397. The van der Waals surface area contributed by atoms with Crippen molar-refractivity contribution in [3.8, 4) is 22.7 Å². The van der Waals surface area contributed by atoms with Gasteiger partial charge in [0.15, 0.2) is 12.3 Å². The third kappa shape index (κ3) is 3.33. The molecule has 5 aromatic rings. The van der Waals surface area contributed by atoms with Crippen LogP contribution < -0.4 is 0 Å². The Bertz CT molecular complexity index is 1390. The van der Waals surface area contributed by atoms with Crippen molar-refractivity contribution in [3.05, 3.63) is 71.7 Å². The fraction of sp³-hybridized carbons (Fsp3) is 0.143. The second-order valence-electron chi connectivity index (χ2n) is 6.75. The molecule has 1 aromatic carbocycles. The predicted octanol–water partition coefficient (Wildman–Crippen LogP) is 3.41. The van der Waals surface area contributed by atoms with Crippen molar-refractivity contribution < 1.29 is 18.5 Å². The second kappa shape index (κ2) is 7.48. The summed E-state index contributed by atoms with van der Waals surface area (Å²) in [6.45, 7) is 3.29. The van der Waals surface area contributed by atoms with Crippen LogP contribution in [0.2, 0.25) is 0 Å². The first-order valence-corrected chi connectivity index (χ1v) is 9.43. The lowest BCUT2D eigenvalue weighted by atomic mass is 10.1. The molecule has 0 aliphatic rings. The van der Waals surface area contributed by atoms with E-state index in [2.05, 4.69) is 25.4 Å². The number of aromatic nitrogens is 6. The van der Waals surface area contributed by atoms with E-state index >= 15 is 0 Å². The summed E-state index contributed by atoms with van der Waals surface area (Å²) in [4.78, 5) is 16.8. The maximum Gasteiger partial charge on any atom is 0.344 e. The van der Waals surface area contributed by atoms with Crippen molar-refractivity contribution >= 4 is 11.6 Å². The molecule has 5 rings (SSSR count). The molecule has 10 heteroatoms. The van der Waals surface area contributed by atoms with Gasteiger partial charge in [-0.1, -0.05) is 35.5 Å². The van der Waals surface area contributed by atoms with Crippen molar-refractivity contribution in [1.82, 2.24) is 30.0 Å². The fourth-order valence-electron chi connectivity index (χ4n) is 3.27. The Morgan fingerprint density at radius 1 is 1.13 bits per heavy atom. The number of esters is 1. The first kappa shape index (κ1) is 18.7. The van der Waals surface area contributed by atoms with Crippen LogP contribution in [0.15, 0.2) is 57.7 Å². The van der Waals surface area contributed by atoms with E-state index in [9.17, 15) is 4.79 Å². The fourth-order valence-corrected chi connectivity index (χ4v) is 3.27. The van der Waals surface area contributed by atoms with E-state index < -0.39 is 5.97 Å². The van der Waals surface area contributed by atoms with Crippen LogP contribution in [0, 0.1) is 13.8 Å². The summed E-state index contributed by atoms with van der Waals surface area (Å²) in [6, 6.07) is 11.3. The Morgan fingerprint density at radius 2 is 1.97 bits per heavy atom. The number of fused-ring (bicyclic) bond motifs is 1. The molecule has 31 heavy (non-hydrogen) atoms. The maximum atomic E-state index is 12.6. The van der Waals surface area contributed by atoms with Crippen LogP contribution in [-0.4, -0.2) is 35.9 Å². The van der Waals surface area contributed by atoms with E-state index in [0.29, 0.717) is 33.9 Å². The minimum absolute atomic E-state index is 0.144. The average molecular weight is 416 g/mol. The molecule has 10 nitrogen and oxygen atoms in total. The summed E-state index contributed by atoms with van der Waals surface area (Å²) in [5.74, 6) is 0.346. The van der Waals surface area contributed by atoms with Gasteiger partial charge in [-0.3, -0.25) is 0 Å². The minimum atomic E-state index is -0.572. The van der Waals surface area contributed by atoms with E-state index in [-0.39, 0.29) is 18.4 Å². The zero-order valence-corrected chi connectivity index (χ0v) is 16.6. The second-order valence-corrected chi connectivity index (χ2v) is 6.75.